The van der Waals surface area contributed by atoms with Gasteiger partial charge in [0.1, 0.15) is 12.3 Å². The fourth-order valence-electron chi connectivity index (χ4n) is 4.82. The van der Waals surface area contributed by atoms with E-state index >= 15 is 0 Å². The van der Waals surface area contributed by atoms with Crippen LogP contribution in [0.5, 0.6) is 5.75 Å². The number of piperazine rings is 1. The fraction of sp³-hybridized carbons (Fsp3) is 0.321. The molecule has 0 N–H and O–H groups in total. The van der Waals surface area contributed by atoms with E-state index in [1.165, 1.54) is 11.1 Å². The summed E-state index contributed by atoms with van der Waals surface area (Å²) in [6, 6.07) is 18.6. The largest absolute Gasteiger partial charge is 0.497 e. The number of rotatable bonds is 6. The SMILES string of the molecule is COc1ccc(CN2CCN(C(=O)Cn3nc(C)c4c(-c5cccc(C)c5)ccnc43)CC2)cc1. The Morgan fingerprint density at radius 2 is 1.77 bits per heavy atom. The van der Waals surface area contributed by atoms with E-state index in [0.29, 0.717) is 0 Å². The van der Waals surface area contributed by atoms with Crippen molar-refractivity contribution in [2.45, 2.75) is 26.9 Å². The molecule has 1 aliphatic heterocycles. The van der Waals surface area contributed by atoms with E-state index in [1.807, 2.05) is 30.0 Å². The molecule has 5 rings (SSSR count). The lowest BCUT2D eigenvalue weighted by Crippen LogP contribution is -2.49. The summed E-state index contributed by atoms with van der Waals surface area (Å²) in [6.45, 7) is 8.30. The lowest BCUT2D eigenvalue weighted by atomic mass is 10.0. The van der Waals surface area contributed by atoms with Crippen molar-refractivity contribution in [2.75, 3.05) is 33.3 Å². The van der Waals surface area contributed by atoms with Crippen LogP contribution in [0.1, 0.15) is 16.8 Å². The third kappa shape index (κ3) is 4.91. The van der Waals surface area contributed by atoms with Gasteiger partial charge in [-0.1, -0.05) is 42.0 Å². The highest BCUT2D eigenvalue weighted by Crippen LogP contribution is 2.30. The smallest absolute Gasteiger partial charge is 0.244 e. The first kappa shape index (κ1) is 23.1. The van der Waals surface area contributed by atoms with Crippen molar-refractivity contribution in [2.24, 2.45) is 0 Å². The van der Waals surface area contributed by atoms with Crippen LogP contribution in [0, 0.1) is 13.8 Å². The molecule has 0 bridgehead atoms. The van der Waals surface area contributed by atoms with Gasteiger partial charge < -0.3 is 9.64 Å². The molecule has 35 heavy (non-hydrogen) atoms. The van der Waals surface area contributed by atoms with Crippen molar-refractivity contribution < 1.29 is 9.53 Å². The minimum Gasteiger partial charge on any atom is -0.497 e. The molecule has 1 aliphatic rings. The van der Waals surface area contributed by atoms with Gasteiger partial charge in [-0.2, -0.15) is 5.10 Å². The zero-order chi connectivity index (χ0) is 24.4. The van der Waals surface area contributed by atoms with Crippen LogP contribution in [0.4, 0.5) is 0 Å². The molecule has 0 radical (unpaired) electrons. The molecule has 1 saturated heterocycles. The highest BCUT2D eigenvalue weighted by Gasteiger charge is 2.23. The summed E-state index contributed by atoms with van der Waals surface area (Å²) < 4.78 is 7.00. The van der Waals surface area contributed by atoms with Gasteiger partial charge in [-0.15, -0.1) is 0 Å². The number of amides is 1. The molecule has 0 saturated carbocycles. The Labute approximate surface area is 205 Å². The van der Waals surface area contributed by atoms with E-state index in [0.717, 1.165) is 66.3 Å². The second-order valence-electron chi connectivity index (χ2n) is 9.17. The number of nitrogens with zero attached hydrogens (tertiary/aromatic N) is 5. The van der Waals surface area contributed by atoms with Gasteiger partial charge in [0.25, 0.3) is 0 Å². The van der Waals surface area contributed by atoms with Gasteiger partial charge in [-0.05, 0) is 48.7 Å². The predicted octanol–water partition coefficient (Wildman–Crippen LogP) is 4.07. The van der Waals surface area contributed by atoms with Gasteiger partial charge in [0.05, 0.1) is 12.8 Å². The van der Waals surface area contributed by atoms with Crippen LogP contribution in [-0.4, -0.2) is 63.8 Å². The Balaban J connectivity index is 1.26. The molecular weight excluding hydrogens is 438 g/mol. The number of hydrogen-bond acceptors (Lipinski definition) is 5. The highest BCUT2D eigenvalue weighted by atomic mass is 16.5. The molecule has 0 aliphatic carbocycles. The number of benzene rings is 2. The molecule has 0 atom stereocenters. The van der Waals surface area contributed by atoms with Gasteiger partial charge in [0, 0.05) is 44.3 Å². The quantitative estimate of drug-likeness (QED) is 0.426. The molecule has 7 heteroatoms. The van der Waals surface area contributed by atoms with Gasteiger partial charge in [-0.25, -0.2) is 9.67 Å². The first-order valence-electron chi connectivity index (χ1n) is 12.0. The number of methoxy groups -OCH3 is 1. The molecular formula is C28H31N5O2. The minimum absolute atomic E-state index is 0.0845. The maximum atomic E-state index is 13.2. The van der Waals surface area contributed by atoms with Gasteiger partial charge in [-0.3, -0.25) is 9.69 Å². The Bertz CT molecular complexity index is 1340. The average Bonchev–Trinajstić information content (AvgIpc) is 3.20. The number of ether oxygens (including phenoxy) is 1. The molecule has 0 spiro atoms. The van der Waals surface area contributed by atoms with Crippen molar-refractivity contribution in [3.05, 3.63) is 77.6 Å². The summed E-state index contributed by atoms with van der Waals surface area (Å²) in [6.07, 6.45) is 1.81. The van der Waals surface area contributed by atoms with Crippen molar-refractivity contribution in [3.8, 4) is 16.9 Å². The first-order valence-corrected chi connectivity index (χ1v) is 12.0. The summed E-state index contributed by atoms with van der Waals surface area (Å²) >= 11 is 0. The van der Waals surface area contributed by atoms with Gasteiger partial charge in [0.2, 0.25) is 5.91 Å². The summed E-state index contributed by atoms with van der Waals surface area (Å²) in [7, 11) is 1.68. The number of carbonyl (C=O) groups is 1. The molecule has 7 nitrogen and oxygen atoms in total. The molecule has 0 unspecified atom stereocenters. The van der Waals surface area contributed by atoms with Gasteiger partial charge in [0.15, 0.2) is 5.65 Å². The van der Waals surface area contributed by atoms with Crippen LogP contribution in [0.2, 0.25) is 0 Å². The van der Waals surface area contributed by atoms with E-state index in [9.17, 15) is 4.79 Å². The van der Waals surface area contributed by atoms with Crippen molar-refractivity contribution >= 4 is 16.9 Å². The second kappa shape index (κ2) is 9.88. The van der Waals surface area contributed by atoms with Crippen LogP contribution in [0.15, 0.2) is 60.8 Å². The third-order valence-electron chi connectivity index (χ3n) is 6.71. The molecule has 4 aromatic rings. The minimum atomic E-state index is 0.0845. The third-order valence-corrected chi connectivity index (χ3v) is 6.71. The summed E-state index contributed by atoms with van der Waals surface area (Å²) in [5.41, 5.74) is 6.34. The second-order valence-corrected chi connectivity index (χ2v) is 9.17. The van der Waals surface area contributed by atoms with Crippen LogP contribution in [-0.2, 0) is 17.9 Å². The molecule has 1 amide bonds. The van der Waals surface area contributed by atoms with Crippen LogP contribution >= 0.6 is 0 Å². The maximum Gasteiger partial charge on any atom is 0.244 e. The highest BCUT2D eigenvalue weighted by molar-refractivity contribution is 5.95. The van der Waals surface area contributed by atoms with Crippen molar-refractivity contribution in [1.29, 1.82) is 0 Å². The number of aromatic nitrogens is 3. The summed E-state index contributed by atoms with van der Waals surface area (Å²) in [5, 5.41) is 5.71. The number of carbonyl (C=O) groups excluding carboxylic acids is 1. The Morgan fingerprint density at radius 1 is 1.00 bits per heavy atom. The van der Waals surface area contributed by atoms with Crippen molar-refractivity contribution in [3.63, 3.8) is 0 Å². The zero-order valence-electron chi connectivity index (χ0n) is 20.6. The predicted molar refractivity (Wildman–Crippen MR) is 137 cm³/mol. The monoisotopic (exact) mass is 469 g/mol. The standard InChI is InChI=1S/C28H31N5O2/c1-20-5-4-6-23(17-20)25-11-12-29-28-27(25)21(2)30-33(28)19-26(34)32-15-13-31(14-16-32)18-22-7-9-24(35-3)10-8-22/h4-12,17H,13-16,18-19H2,1-3H3. The average molecular weight is 470 g/mol. The van der Waals surface area contributed by atoms with E-state index in [4.69, 9.17) is 9.84 Å². The zero-order valence-corrected chi connectivity index (χ0v) is 20.6. The van der Waals surface area contributed by atoms with Crippen LogP contribution < -0.4 is 4.74 Å². The van der Waals surface area contributed by atoms with Crippen molar-refractivity contribution in [1.82, 2.24) is 24.6 Å². The Morgan fingerprint density at radius 3 is 2.49 bits per heavy atom. The maximum absolute atomic E-state index is 13.2. The van der Waals surface area contributed by atoms with E-state index in [2.05, 4.69) is 53.2 Å². The van der Waals surface area contributed by atoms with E-state index in [-0.39, 0.29) is 12.5 Å². The lowest BCUT2D eigenvalue weighted by molar-refractivity contribution is -0.133. The fourth-order valence-corrected chi connectivity index (χ4v) is 4.82. The molecule has 1 fully saturated rings. The van der Waals surface area contributed by atoms with E-state index in [1.54, 1.807) is 18.0 Å². The Hall–Kier alpha value is -3.71. The number of pyridine rings is 1. The molecule has 3 heterocycles. The molecule has 180 valence electrons. The number of hydrogen-bond donors (Lipinski definition) is 0. The summed E-state index contributed by atoms with van der Waals surface area (Å²) in [4.78, 5) is 22.1. The topological polar surface area (TPSA) is 63.5 Å². The van der Waals surface area contributed by atoms with Crippen LogP contribution in [0.25, 0.3) is 22.2 Å². The molecule has 2 aromatic carbocycles. The lowest BCUT2D eigenvalue weighted by Gasteiger charge is -2.34. The first-order chi connectivity index (χ1) is 17.0. The molecule has 2 aromatic heterocycles. The van der Waals surface area contributed by atoms with Gasteiger partial charge >= 0.3 is 0 Å². The number of fused-ring (bicyclic) bond motifs is 1. The Kier molecular flexibility index (Phi) is 6.51. The van der Waals surface area contributed by atoms with E-state index < -0.39 is 0 Å². The summed E-state index contributed by atoms with van der Waals surface area (Å²) in [5.74, 6) is 0.951. The normalized spacial score (nSPS) is 14.4. The van der Waals surface area contributed by atoms with Crippen LogP contribution in [0.3, 0.4) is 0 Å². The number of aryl methyl sites for hydroxylation is 2.